The van der Waals surface area contributed by atoms with Crippen LogP contribution in [-0.4, -0.2) is 12.9 Å². The predicted molar refractivity (Wildman–Crippen MR) is 76.0 cm³/mol. The van der Waals surface area contributed by atoms with Crippen molar-refractivity contribution in [2.45, 2.75) is 39.9 Å². The minimum absolute atomic E-state index is 0.135. The zero-order valence-electron chi connectivity index (χ0n) is 11.6. The van der Waals surface area contributed by atoms with E-state index in [2.05, 4.69) is 20.8 Å². The van der Waals surface area contributed by atoms with Crippen molar-refractivity contribution in [2.24, 2.45) is 5.92 Å². The molecule has 0 N–H and O–H groups in total. The lowest BCUT2D eigenvalue weighted by Gasteiger charge is -2.16. The van der Waals surface area contributed by atoms with Gasteiger partial charge in [-0.25, -0.2) is 0 Å². The normalized spacial score (nSPS) is 13.1. The van der Waals surface area contributed by atoms with Crippen molar-refractivity contribution in [3.63, 3.8) is 0 Å². The lowest BCUT2D eigenvalue weighted by molar-refractivity contribution is -0.109. The van der Waals surface area contributed by atoms with Crippen LogP contribution >= 0.6 is 0 Å². The topological polar surface area (TPSA) is 18.5 Å². The van der Waals surface area contributed by atoms with Crippen LogP contribution in [-0.2, 0) is 9.47 Å². The molecule has 1 rings (SSSR count). The largest absolute Gasteiger partial charge is 0.473 e. The Morgan fingerprint density at radius 2 is 1.89 bits per heavy atom. The predicted octanol–water partition coefficient (Wildman–Crippen LogP) is 4.47. The number of hydrogen-bond donors (Lipinski definition) is 0. The number of rotatable bonds is 8. The second kappa shape index (κ2) is 8.76. The zero-order chi connectivity index (χ0) is 13.2. The van der Waals surface area contributed by atoms with Crippen LogP contribution < -0.4 is 0 Å². The molecule has 0 heterocycles. The molecule has 0 bridgehead atoms. The molecule has 0 amide bonds. The van der Waals surface area contributed by atoms with E-state index in [-0.39, 0.29) is 6.29 Å². The molecular formula is C16H24O2. The molecule has 18 heavy (non-hydrogen) atoms. The third-order valence-corrected chi connectivity index (χ3v) is 2.62. The third-order valence-electron chi connectivity index (χ3n) is 2.62. The van der Waals surface area contributed by atoms with Gasteiger partial charge in [0.1, 0.15) is 0 Å². The molecule has 0 radical (unpaired) electrons. The highest BCUT2D eigenvalue weighted by Crippen LogP contribution is 2.07. The second-order valence-corrected chi connectivity index (χ2v) is 4.74. The molecule has 2 heteroatoms. The molecule has 1 aromatic carbocycles. The average molecular weight is 248 g/mol. The van der Waals surface area contributed by atoms with Crippen molar-refractivity contribution in [2.75, 3.05) is 6.61 Å². The summed E-state index contributed by atoms with van der Waals surface area (Å²) in [5, 5.41) is 0. The van der Waals surface area contributed by atoms with Crippen molar-refractivity contribution in [1.82, 2.24) is 0 Å². The van der Waals surface area contributed by atoms with E-state index in [1.54, 1.807) is 6.26 Å². The molecule has 0 aromatic heterocycles. The van der Waals surface area contributed by atoms with Gasteiger partial charge in [-0.05, 0) is 24.0 Å². The maximum absolute atomic E-state index is 5.67. The van der Waals surface area contributed by atoms with Gasteiger partial charge in [0.25, 0.3) is 0 Å². The summed E-state index contributed by atoms with van der Waals surface area (Å²) in [6.45, 7) is 7.21. The van der Waals surface area contributed by atoms with Crippen LogP contribution in [0, 0.1) is 5.92 Å². The molecule has 0 saturated carbocycles. The monoisotopic (exact) mass is 248 g/mol. The molecule has 0 fully saturated rings. The Labute approximate surface area is 111 Å². The first-order chi connectivity index (χ1) is 8.72. The summed E-state index contributed by atoms with van der Waals surface area (Å²) in [4.78, 5) is 0. The Morgan fingerprint density at radius 3 is 2.50 bits per heavy atom. The highest BCUT2D eigenvalue weighted by atomic mass is 16.7. The maximum Gasteiger partial charge on any atom is 0.198 e. The highest BCUT2D eigenvalue weighted by molar-refractivity contribution is 5.47. The second-order valence-electron chi connectivity index (χ2n) is 4.74. The molecule has 0 aliphatic rings. The SMILES string of the molecule is CCC(OC=Cc1ccccc1)OCCC(C)C. The maximum atomic E-state index is 5.67. The molecule has 0 aliphatic carbocycles. The van der Waals surface area contributed by atoms with Crippen molar-refractivity contribution in [3.05, 3.63) is 42.2 Å². The number of benzene rings is 1. The van der Waals surface area contributed by atoms with Crippen molar-refractivity contribution in [3.8, 4) is 0 Å². The Hall–Kier alpha value is -1.28. The van der Waals surface area contributed by atoms with Gasteiger partial charge in [-0.3, -0.25) is 0 Å². The van der Waals surface area contributed by atoms with Gasteiger partial charge < -0.3 is 9.47 Å². The molecule has 1 atom stereocenters. The molecule has 100 valence electrons. The van der Waals surface area contributed by atoms with Crippen molar-refractivity contribution < 1.29 is 9.47 Å². The summed E-state index contributed by atoms with van der Waals surface area (Å²) in [5.41, 5.74) is 1.13. The van der Waals surface area contributed by atoms with E-state index in [4.69, 9.17) is 9.47 Å². The van der Waals surface area contributed by atoms with Gasteiger partial charge in [-0.15, -0.1) is 0 Å². The molecule has 1 unspecified atom stereocenters. The average Bonchev–Trinajstić information content (AvgIpc) is 2.38. The first kappa shape index (κ1) is 14.8. The van der Waals surface area contributed by atoms with Crippen LogP contribution in [0.2, 0.25) is 0 Å². The summed E-state index contributed by atoms with van der Waals surface area (Å²) in [6.07, 6.45) is 5.47. The summed E-state index contributed by atoms with van der Waals surface area (Å²) in [6, 6.07) is 10.1. The Kier molecular flexibility index (Phi) is 7.19. The Balaban J connectivity index is 2.28. The van der Waals surface area contributed by atoms with Crippen LogP contribution in [0.5, 0.6) is 0 Å². The van der Waals surface area contributed by atoms with E-state index in [0.29, 0.717) is 5.92 Å². The van der Waals surface area contributed by atoms with E-state index in [1.165, 1.54) is 0 Å². The fourth-order valence-corrected chi connectivity index (χ4v) is 1.46. The quantitative estimate of drug-likeness (QED) is 0.499. The lowest BCUT2D eigenvalue weighted by atomic mass is 10.1. The van der Waals surface area contributed by atoms with Crippen molar-refractivity contribution >= 4 is 6.08 Å². The number of ether oxygens (including phenoxy) is 2. The van der Waals surface area contributed by atoms with E-state index >= 15 is 0 Å². The zero-order valence-corrected chi connectivity index (χ0v) is 11.6. The van der Waals surface area contributed by atoms with Gasteiger partial charge in [-0.1, -0.05) is 51.1 Å². The third kappa shape index (κ3) is 6.45. The molecule has 2 nitrogen and oxygen atoms in total. The first-order valence-electron chi connectivity index (χ1n) is 6.71. The van der Waals surface area contributed by atoms with E-state index in [9.17, 15) is 0 Å². The molecule has 0 saturated heterocycles. The Bertz CT molecular complexity index is 330. The van der Waals surface area contributed by atoms with Crippen LogP contribution in [0.25, 0.3) is 6.08 Å². The van der Waals surface area contributed by atoms with Gasteiger partial charge in [0.15, 0.2) is 6.29 Å². The van der Waals surface area contributed by atoms with Crippen LogP contribution in [0.15, 0.2) is 36.6 Å². The standard InChI is InChI=1S/C16H24O2/c1-4-16(17-12-10-14(2)3)18-13-11-15-8-6-5-7-9-15/h5-9,11,13-14,16H,4,10,12H2,1-3H3. The first-order valence-corrected chi connectivity index (χ1v) is 6.71. The fourth-order valence-electron chi connectivity index (χ4n) is 1.46. The summed E-state index contributed by atoms with van der Waals surface area (Å²) in [7, 11) is 0. The van der Waals surface area contributed by atoms with E-state index < -0.39 is 0 Å². The van der Waals surface area contributed by atoms with Crippen LogP contribution in [0.4, 0.5) is 0 Å². The smallest absolute Gasteiger partial charge is 0.198 e. The van der Waals surface area contributed by atoms with Gasteiger partial charge in [0.2, 0.25) is 0 Å². The molecular weight excluding hydrogens is 224 g/mol. The molecule has 0 spiro atoms. The van der Waals surface area contributed by atoms with E-state index in [0.717, 1.165) is 25.0 Å². The van der Waals surface area contributed by atoms with Gasteiger partial charge in [0.05, 0.1) is 12.9 Å². The van der Waals surface area contributed by atoms with Crippen molar-refractivity contribution in [1.29, 1.82) is 0 Å². The van der Waals surface area contributed by atoms with Crippen LogP contribution in [0.1, 0.15) is 39.2 Å². The van der Waals surface area contributed by atoms with Crippen LogP contribution in [0.3, 0.4) is 0 Å². The minimum atomic E-state index is -0.135. The molecule has 1 aromatic rings. The number of hydrogen-bond acceptors (Lipinski definition) is 2. The highest BCUT2D eigenvalue weighted by Gasteiger charge is 2.05. The minimum Gasteiger partial charge on any atom is -0.473 e. The summed E-state index contributed by atoms with van der Waals surface area (Å²) < 4.78 is 11.2. The van der Waals surface area contributed by atoms with E-state index in [1.807, 2.05) is 36.4 Å². The molecule has 0 aliphatic heterocycles. The summed E-state index contributed by atoms with van der Waals surface area (Å²) >= 11 is 0. The Morgan fingerprint density at radius 1 is 1.17 bits per heavy atom. The van der Waals surface area contributed by atoms with Gasteiger partial charge in [0, 0.05) is 6.42 Å². The fraction of sp³-hybridized carbons (Fsp3) is 0.500. The van der Waals surface area contributed by atoms with Gasteiger partial charge in [-0.2, -0.15) is 0 Å². The summed E-state index contributed by atoms with van der Waals surface area (Å²) in [5.74, 6) is 0.669. The van der Waals surface area contributed by atoms with Gasteiger partial charge >= 0.3 is 0 Å². The lowest BCUT2D eigenvalue weighted by Crippen LogP contribution is -2.15.